The van der Waals surface area contributed by atoms with E-state index in [1.807, 2.05) is 6.20 Å². The van der Waals surface area contributed by atoms with Gasteiger partial charge in [-0.15, -0.1) is 0 Å². The monoisotopic (exact) mass is 387 g/mol. The highest BCUT2D eigenvalue weighted by Crippen LogP contribution is 2.31. The first-order valence-corrected chi connectivity index (χ1v) is 10.6. The van der Waals surface area contributed by atoms with Crippen molar-refractivity contribution in [3.05, 3.63) is 54.4 Å². The second-order valence-electron chi connectivity index (χ2n) is 8.40. The van der Waals surface area contributed by atoms with Crippen LogP contribution in [-0.4, -0.2) is 73.1 Å². The number of fused-ring (bicyclic) bond motifs is 1. The Kier molecular flexibility index (Phi) is 4.86. The minimum atomic E-state index is 0.970. The van der Waals surface area contributed by atoms with Crippen molar-refractivity contribution >= 4 is 22.3 Å². The van der Waals surface area contributed by atoms with Gasteiger partial charge in [0.15, 0.2) is 0 Å². The van der Waals surface area contributed by atoms with Gasteiger partial charge in [0.2, 0.25) is 0 Å². The van der Waals surface area contributed by atoms with Crippen LogP contribution in [0.15, 0.2) is 48.8 Å². The van der Waals surface area contributed by atoms with Gasteiger partial charge in [-0.05, 0) is 49.9 Å². The van der Waals surface area contributed by atoms with Gasteiger partial charge in [0.1, 0.15) is 5.65 Å². The molecule has 2 aromatic heterocycles. The van der Waals surface area contributed by atoms with Gasteiger partial charge in [-0.2, -0.15) is 0 Å². The van der Waals surface area contributed by atoms with E-state index >= 15 is 0 Å². The fourth-order valence-electron chi connectivity index (χ4n) is 4.37. The molecule has 0 bridgehead atoms. The van der Waals surface area contributed by atoms with E-state index in [1.165, 1.54) is 33.3 Å². The summed E-state index contributed by atoms with van der Waals surface area (Å²) in [5, 5.41) is 1.22. The molecule has 1 N–H and O–H groups in total. The number of likely N-dealkylation sites (N-methyl/N-ethyl adjacent to an activating group) is 2. The Morgan fingerprint density at radius 1 is 0.897 bits per heavy atom. The predicted octanol–water partition coefficient (Wildman–Crippen LogP) is 3.70. The Morgan fingerprint density at radius 3 is 2.41 bits per heavy atom. The average Bonchev–Trinajstić information content (AvgIpc) is 3.18. The molecule has 5 rings (SSSR count). The van der Waals surface area contributed by atoms with Crippen LogP contribution < -0.4 is 4.90 Å². The normalized spacial score (nSPS) is 19.0. The van der Waals surface area contributed by atoms with Crippen molar-refractivity contribution in [1.82, 2.24) is 19.8 Å². The molecule has 4 heterocycles. The number of pyridine rings is 1. The molecule has 1 saturated heterocycles. The first-order chi connectivity index (χ1) is 14.2. The van der Waals surface area contributed by atoms with Crippen LogP contribution in [0.25, 0.3) is 27.7 Å². The van der Waals surface area contributed by atoms with Gasteiger partial charge in [-0.25, -0.2) is 4.98 Å². The Balaban J connectivity index is 1.42. The lowest BCUT2D eigenvalue weighted by molar-refractivity contribution is 0.313. The maximum absolute atomic E-state index is 4.70. The lowest BCUT2D eigenvalue weighted by Gasteiger charge is -2.34. The lowest BCUT2D eigenvalue weighted by atomic mass is 9.98. The van der Waals surface area contributed by atoms with Crippen LogP contribution >= 0.6 is 0 Å². The summed E-state index contributed by atoms with van der Waals surface area (Å²) in [7, 11) is 4.37. The highest BCUT2D eigenvalue weighted by molar-refractivity contribution is 5.93. The second kappa shape index (κ2) is 7.65. The molecule has 0 spiro atoms. The first-order valence-electron chi connectivity index (χ1n) is 10.6. The first kappa shape index (κ1) is 18.4. The van der Waals surface area contributed by atoms with Crippen LogP contribution in [0, 0.1) is 0 Å². The summed E-state index contributed by atoms with van der Waals surface area (Å²) in [6.07, 6.45) is 7.54. The molecule has 0 amide bonds. The number of H-pyrrole nitrogens is 1. The van der Waals surface area contributed by atoms with Crippen molar-refractivity contribution in [2.24, 2.45) is 0 Å². The molecule has 29 heavy (non-hydrogen) atoms. The molecular weight excluding hydrogens is 358 g/mol. The summed E-state index contributed by atoms with van der Waals surface area (Å²) >= 11 is 0. The van der Waals surface area contributed by atoms with Crippen LogP contribution in [0.3, 0.4) is 0 Å². The highest BCUT2D eigenvalue weighted by Gasteiger charge is 2.16. The Hall–Kier alpha value is -2.63. The summed E-state index contributed by atoms with van der Waals surface area (Å²) in [4.78, 5) is 15.3. The van der Waals surface area contributed by atoms with E-state index < -0.39 is 0 Å². The van der Waals surface area contributed by atoms with E-state index in [-0.39, 0.29) is 0 Å². The van der Waals surface area contributed by atoms with Crippen LogP contribution in [0.2, 0.25) is 0 Å². The molecule has 0 aliphatic carbocycles. The molecule has 2 aliphatic rings. The smallest absolute Gasteiger partial charge is 0.137 e. The largest absolute Gasteiger partial charge is 0.369 e. The van der Waals surface area contributed by atoms with Gasteiger partial charge in [-0.3, -0.25) is 0 Å². The van der Waals surface area contributed by atoms with E-state index in [1.54, 1.807) is 0 Å². The molecule has 5 nitrogen and oxygen atoms in total. The predicted molar refractivity (Wildman–Crippen MR) is 121 cm³/mol. The molecule has 0 atom stereocenters. The summed E-state index contributed by atoms with van der Waals surface area (Å²) < 4.78 is 0. The fourth-order valence-corrected chi connectivity index (χ4v) is 4.37. The third kappa shape index (κ3) is 3.68. The number of nitrogens with zero attached hydrogens (tertiary/aromatic N) is 4. The minimum Gasteiger partial charge on any atom is -0.369 e. The topological polar surface area (TPSA) is 38.4 Å². The SMILES string of the molecule is CN1CC=C(c2c[nH]c3ncc(-c4ccc(N5CCN(C)CC5)cc4)cc23)CC1. The number of anilines is 1. The van der Waals surface area contributed by atoms with Crippen LogP contribution in [0.5, 0.6) is 0 Å². The number of nitrogens with one attached hydrogen (secondary N) is 1. The molecule has 0 radical (unpaired) electrons. The number of piperazine rings is 1. The number of benzene rings is 1. The Labute approximate surface area is 172 Å². The van der Waals surface area contributed by atoms with Crippen LogP contribution in [0.1, 0.15) is 12.0 Å². The molecular formula is C24H29N5. The lowest BCUT2D eigenvalue weighted by Crippen LogP contribution is -2.44. The molecule has 5 heteroatoms. The van der Waals surface area contributed by atoms with Crippen LogP contribution in [0.4, 0.5) is 5.69 Å². The average molecular weight is 388 g/mol. The summed E-state index contributed by atoms with van der Waals surface area (Å²) in [6, 6.07) is 11.3. The van der Waals surface area contributed by atoms with Crippen molar-refractivity contribution in [2.75, 3.05) is 58.3 Å². The number of aromatic amines is 1. The van der Waals surface area contributed by atoms with E-state index in [2.05, 4.69) is 76.4 Å². The van der Waals surface area contributed by atoms with Gasteiger partial charge in [0, 0.05) is 73.9 Å². The molecule has 1 fully saturated rings. The van der Waals surface area contributed by atoms with Crippen molar-refractivity contribution in [2.45, 2.75) is 6.42 Å². The maximum Gasteiger partial charge on any atom is 0.137 e. The van der Waals surface area contributed by atoms with Crippen LogP contribution in [-0.2, 0) is 0 Å². The Bertz CT molecular complexity index is 1030. The van der Waals surface area contributed by atoms with Gasteiger partial charge in [0.05, 0.1) is 0 Å². The second-order valence-corrected chi connectivity index (χ2v) is 8.40. The number of rotatable bonds is 3. The van der Waals surface area contributed by atoms with Crippen molar-refractivity contribution in [3.8, 4) is 11.1 Å². The van der Waals surface area contributed by atoms with Gasteiger partial charge >= 0.3 is 0 Å². The van der Waals surface area contributed by atoms with E-state index in [9.17, 15) is 0 Å². The summed E-state index contributed by atoms with van der Waals surface area (Å²) in [5.41, 5.74) is 7.42. The van der Waals surface area contributed by atoms with Crippen molar-refractivity contribution < 1.29 is 0 Å². The van der Waals surface area contributed by atoms with Crippen molar-refractivity contribution in [3.63, 3.8) is 0 Å². The summed E-state index contributed by atoms with van der Waals surface area (Å²) in [5.74, 6) is 0. The van der Waals surface area contributed by atoms with Gasteiger partial charge < -0.3 is 19.7 Å². The zero-order valence-corrected chi connectivity index (χ0v) is 17.4. The molecule has 2 aliphatic heterocycles. The number of aromatic nitrogens is 2. The van der Waals surface area contributed by atoms with Crippen molar-refractivity contribution in [1.29, 1.82) is 0 Å². The third-order valence-electron chi connectivity index (χ3n) is 6.36. The zero-order chi connectivity index (χ0) is 19.8. The standard InChI is InChI=1S/C24H29N5/c1-27-9-7-19(8-10-27)23-17-26-24-22(23)15-20(16-25-24)18-3-5-21(6-4-18)29-13-11-28(2)12-14-29/h3-7,15-17H,8-14H2,1-2H3,(H,25,26). The molecule has 3 aromatic rings. The fraction of sp³-hybridized carbons (Fsp3) is 0.375. The maximum atomic E-state index is 4.70. The minimum absolute atomic E-state index is 0.970. The van der Waals surface area contributed by atoms with Gasteiger partial charge in [0.25, 0.3) is 0 Å². The number of hydrogen-bond donors (Lipinski definition) is 1. The summed E-state index contributed by atoms with van der Waals surface area (Å²) in [6.45, 7) is 6.58. The van der Waals surface area contributed by atoms with E-state index in [4.69, 9.17) is 4.98 Å². The zero-order valence-electron chi connectivity index (χ0n) is 17.4. The number of hydrogen-bond acceptors (Lipinski definition) is 4. The molecule has 0 saturated carbocycles. The molecule has 150 valence electrons. The molecule has 0 unspecified atom stereocenters. The highest BCUT2D eigenvalue weighted by atomic mass is 15.2. The van der Waals surface area contributed by atoms with Gasteiger partial charge in [-0.1, -0.05) is 18.2 Å². The van der Waals surface area contributed by atoms with E-state index in [0.29, 0.717) is 0 Å². The Morgan fingerprint density at radius 2 is 1.69 bits per heavy atom. The van der Waals surface area contributed by atoms with E-state index in [0.717, 1.165) is 51.3 Å². The quantitative estimate of drug-likeness (QED) is 0.744. The molecule has 1 aromatic carbocycles. The third-order valence-corrected chi connectivity index (χ3v) is 6.36.